The van der Waals surface area contributed by atoms with E-state index in [2.05, 4.69) is 20.5 Å². The number of hydrogen-bond acceptors (Lipinski definition) is 4. The van der Waals surface area contributed by atoms with Gasteiger partial charge >= 0.3 is 5.97 Å². The van der Waals surface area contributed by atoms with Gasteiger partial charge in [0.05, 0.1) is 0 Å². The molecule has 2 rings (SSSR count). The summed E-state index contributed by atoms with van der Waals surface area (Å²) in [6.07, 6.45) is 1.15. The Bertz CT molecular complexity index is 707. The number of benzene rings is 1. The van der Waals surface area contributed by atoms with E-state index < -0.39 is 17.9 Å². The maximum atomic E-state index is 12.2. The van der Waals surface area contributed by atoms with Gasteiger partial charge in [-0.05, 0) is 24.5 Å². The van der Waals surface area contributed by atoms with Crippen molar-refractivity contribution >= 4 is 11.9 Å². The van der Waals surface area contributed by atoms with Crippen LogP contribution in [-0.4, -0.2) is 38.2 Å². The zero-order valence-electron chi connectivity index (χ0n) is 14.0. The van der Waals surface area contributed by atoms with Gasteiger partial charge in [0.1, 0.15) is 11.9 Å². The van der Waals surface area contributed by atoms with Crippen molar-refractivity contribution in [3.05, 3.63) is 35.7 Å². The smallest absolute Gasteiger partial charge is 0.326 e. The summed E-state index contributed by atoms with van der Waals surface area (Å²) in [5.41, 5.74) is 1.19. The highest BCUT2D eigenvalue weighted by atomic mass is 16.4. The lowest BCUT2D eigenvalue weighted by atomic mass is 10.0. The molecule has 0 aliphatic carbocycles. The van der Waals surface area contributed by atoms with Crippen LogP contribution in [0.1, 0.15) is 43.4 Å². The molecule has 1 atom stereocenters. The molecule has 1 aromatic carbocycles. The molecule has 128 valence electrons. The second kappa shape index (κ2) is 7.72. The first-order valence-electron chi connectivity index (χ1n) is 7.96. The lowest BCUT2D eigenvalue weighted by Gasteiger charge is -2.16. The van der Waals surface area contributed by atoms with Crippen molar-refractivity contribution in [3.63, 3.8) is 0 Å². The van der Waals surface area contributed by atoms with Gasteiger partial charge in [0, 0.05) is 17.5 Å². The molecular formula is C17H22N4O3. The van der Waals surface area contributed by atoms with Crippen LogP contribution in [0.4, 0.5) is 0 Å². The van der Waals surface area contributed by atoms with E-state index in [4.69, 9.17) is 0 Å². The summed E-state index contributed by atoms with van der Waals surface area (Å²) in [4.78, 5) is 27.8. The van der Waals surface area contributed by atoms with Crippen LogP contribution >= 0.6 is 0 Å². The number of carboxylic acid groups (broad SMARTS) is 1. The molecule has 0 saturated carbocycles. The second-order valence-corrected chi connectivity index (χ2v) is 6.03. The number of aliphatic carboxylic acids is 1. The van der Waals surface area contributed by atoms with Crippen molar-refractivity contribution in [2.24, 2.45) is 5.92 Å². The number of H-pyrrole nitrogens is 1. The molecule has 24 heavy (non-hydrogen) atoms. The molecule has 1 heterocycles. The Morgan fingerprint density at radius 3 is 2.42 bits per heavy atom. The first-order valence-corrected chi connectivity index (χ1v) is 7.96. The van der Waals surface area contributed by atoms with Crippen molar-refractivity contribution in [3.8, 4) is 11.4 Å². The highest BCUT2D eigenvalue weighted by Crippen LogP contribution is 2.16. The molecule has 7 heteroatoms. The maximum absolute atomic E-state index is 12.2. The van der Waals surface area contributed by atoms with E-state index in [0.29, 0.717) is 17.8 Å². The molecule has 7 nitrogen and oxygen atoms in total. The number of carboxylic acids is 1. The maximum Gasteiger partial charge on any atom is 0.326 e. The number of nitrogens with zero attached hydrogens (tertiary/aromatic N) is 2. The fourth-order valence-electron chi connectivity index (χ4n) is 2.29. The highest BCUT2D eigenvalue weighted by Gasteiger charge is 2.21. The van der Waals surface area contributed by atoms with E-state index >= 15 is 0 Å². The van der Waals surface area contributed by atoms with E-state index in [0.717, 1.165) is 17.8 Å². The van der Waals surface area contributed by atoms with Gasteiger partial charge in [-0.25, -0.2) is 9.78 Å². The molecule has 1 unspecified atom stereocenters. The second-order valence-electron chi connectivity index (χ2n) is 6.03. The molecule has 0 aliphatic rings. The standard InChI is InChI=1S/C17H22N4O3/c1-4-14-19-15(21-20-14)11-5-7-12(8-6-11)16(22)18-13(17(23)24)9-10(2)3/h5-8,10,13H,4,9H2,1-3H3,(H,18,22)(H,23,24)(H,19,20,21). The zero-order valence-corrected chi connectivity index (χ0v) is 14.0. The Morgan fingerprint density at radius 1 is 1.25 bits per heavy atom. The van der Waals surface area contributed by atoms with Crippen molar-refractivity contribution in [1.82, 2.24) is 20.5 Å². The van der Waals surface area contributed by atoms with Crippen LogP contribution < -0.4 is 5.32 Å². The highest BCUT2D eigenvalue weighted by molar-refractivity contribution is 5.96. The van der Waals surface area contributed by atoms with Gasteiger partial charge in [-0.1, -0.05) is 32.9 Å². The number of aromatic amines is 1. The van der Waals surface area contributed by atoms with Crippen LogP contribution in [0.3, 0.4) is 0 Å². The molecule has 2 aromatic rings. The average molecular weight is 330 g/mol. The van der Waals surface area contributed by atoms with Gasteiger partial charge in [0.15, 0.2) is 5.82 Å². The Kier molecular flexibility index (Phi) is 5.68. The largest absolute Gasteiger partial charge is 0.480 e. The average Bonchev–Trinajstić information content (AvgIpc) is 3.03. The lowest BCUT2D eigenvalue weighted by molar-refractivity contribution is -0.139. The molecule has 0 saturated heterocycles. The van der Waals surface area contributed by atoms with Crippen molar-refractivity contribution in [2.45, 2.75) is 39.7 Å². The quantitative estimate of drug-likeness (QED) is 0.721. The minimum absolute atomic E-state index is 0.173. The van der Waals surface area contributed by atoms with Gasteiger partial charge in [-0.3, -0.25) is 9.89 Å². The number of aryl methyl sites for hydroxylation is 1. The third-order valence-corrected chi connectivity index (χ3v) is 3.58. The summed E-state index contributed by atoms with van der Waals surface area (Å²) in [6.45, 7) is 5.81. The fourth-order valence-corrected chi connectivity index (χ4v) is 2.29. The molecule has 0 fully saturated rings. The number of rotatable bonds is 7. The summed E-state index contributed by atoms with van der Waals surface area (Å²) in [7, 11) is 0. The topological polar surface area (TPSA) is 108 Å². The minimum Gasteiger partial charge on any atom is -0.480 e. The van der Waals surface area contributed by atoms with Crippen molar-refractivity contribution in [1.29, 1.82) is 0 Å². The Hall–Kier alpha value is -2.70. The Labute approximate surface area is 140 Å². The Morgan fingerprint density at radius 2 is 1.92 bits per heavy atom. The molecule has 0 aliphatic heterocycles. The number of hydrogen-bond donors (Lipinski definition) is 3. The number of carbonyl (C=O) groups is 2. The first kappa shape index (κ1) is 17.7. The molecule has 0 bridgehead atoms. The molecule has 1 aromatic heterocycles. The van der Waals surface area contributed by atoms with Gasteiger partial charge in [0.2, 0.25) is 0 Å². The van der Waals surface area contributed by atoms with Crippen molar-refractivity contribution < 1.29 is 14.7 Å². The van der Waals surface area contributed by atoms with Crippen LogP contribution in [0, 0.1) is 5.92 Å². The first-order chi connectivity index (χ1) is 11.4. The van der Waals surface area contributed by atoms with Crippen LogP contribution in [0.5, 0.6) is 0 Å². The minimum atomic E-state index is -1.03. The molecule has 0 spiro atoms. The van der Waals surface area contributed by atoms with E-state index in [9.17, 15) is 14.7 Å². The van der Waals surface area contributed by atoms with Gasteiger partial charge in [0.25, 0.3) is 5.91 Å². The molecule has 1 amide bonds. The summed E-state index contributed by atoms with van der Waals surface area (Å²) in [6, 6.07) is 5.88. The summed E-state index contributed by atoms with van der Waals surface area (Å²) in [5.74, 6) is 0.111. The SMILES string of the molecule is CCc1nc(-c2ccc(C(=O)NC(CC(C)C)C(=O)O)cc2)n[nH]1. The number of nitrogens with one attached hydrogen (secondary N) is 2. The number of amides is 1. The molecular weight excluding hydrogens is 308 g/mol. The van der Waals surface area contributed by atoms with E-state index in [1.54, 1.807) is 24.3 Å². The summed E-state index contributed by atoms with van der Waals surface area (Å²) >= 11 is 0. The summed E-state index contributed by atoms with van der Waals surface area (Å²) < 4.78 is 0. The van der Waals surface area contributed by atoms with Crippen LogP contribution in [-0.2, 0) is 11.2 Å². The van der Waals surface area contributed by atoms with Crippen LogP contribution in [0.25, 0.3) is 11.4 Å². The normalized spacial score (nSPS) is 12.2. The molecule has 0 radical (unpaired) electrons. The Balaban J connectivity index is 2.09. The zero-order chi connectivity index (χ0) is 17.7. The monoisotopic (exact) mass is 330 g/mol. The van der Waals surface area contributed by atoms with Gasteiger partial charge in [-0.15, -0.1) is 0 Å². The predicted molar refractivity (Wildman–Crippen MR) is 89.5 cm³/mol. The third-order valence-electron chi connectivity index (χ3n) is 3.58. The van der Waals surface area contributed by atoms with E-state index in [1.165, 1.54) is 0 Å². The third kappa shape index (κ3) is 4.41. The van der Waals surface area contributed by atoms with Crippen LogP contribution in [0.15, 0.2) is 24.3 Å². The van der Waals surface area contributed by atoms with E-state index in [-0.39, 0.29) is 5.92 Å². The van der Waals surface area contributed by atoms with Crippen LogP contribution in [0.2, 0.25) is 0 Å². The van der Waals surface area contributed by atoms with Crippen molar-refractivity contribution in [2.75, 3.05) is 0 Å². The molecule has 3 N–H and O–H groups in total. The predicted octanol–water partition coefficient (Wildman–Crippen LogP) is 2.26. The number of aromatic nitrogens is 3. The lowest BCUT2D eigenvalue weighted by Crippen LogP contribution is -2.41. The fraction of sp³-hybridized carbons (Fsp3) is 0.412. The van der Waals surface area contributed by atoms with E-state index in [1.807, 2.05) is 20.8 Å². The van der Waals surface area contributed by atoms with Gasteiger partial charge < -0.3 is 10.4 Å². The summed E-state index contributed by atoms with van der Waals surface area (Å²) in [5, 5.41) is 18.7. The van der Waals surface area contributed by atoms with Gasteiger partial charge in [-0.2, -0.15) is 5.10 Å². The number of carbonyl (C=O) groups excluding carboxylic acids is 1.